The minimum Gasteiger partial charge on any atom is -0.383 e. The smallest absolute Gasteiger partial charge is 0.169 e. The Morgan fingerprint density at radius 1 is 1.56 bits per heavy atom. The number of methoxy groups -OCH3 is 1. The summed E-state index contributed by atoms with van der Waals surface area (Å²) in [4.78, 5) is 6.40. The number of rotatable bonds is 6. The second-order valence-corrected chi connectivity index (χ2v) is 4.53. The lowest BCUT2D eigenvalue weighted by molar-refractivity contribution is 0.178. The zero-order chi connectivity index (χ0) is 13.4. The third-order valence-corrected chi connectivity index (χ3v) is 2.91. The van der Waals surface area contributed by atoms with Crippen LogP contribution in [0.5, 0.6) is 0 Å². The van der Waals surface area contributed by atoms with E-state index in [9.17, 15) is 0 Å². The number of ether oxygens (including phenoxy) is 1. The van der Waals surface area contributed by atoms with Crippen molar-refractivity contribution in [2.75, 3.05) is 20.3 Å². The van der Waals surface area contributed by atoms with E-state index in [2.05, 4.69) is 22.1 Å². The lowest BCUT2D eigenvalue weighted by Crippen LogP contribution is -2.44. The first-order chi connectivity index (χ1) is 8.67. The van der Waals surface area contributed by atoms with E-state index in [-0.39, 0.29) is 6.04 Å². The zero-order valence-corrected chi connectivity index (χ0v) is 12.0. The average Bonchev–Trinajstić information content (AvgIpc) is 2.37. The Morgan fingerprint density at radius 3 is 2.89 bits per heavy atom. The molecule has 1 unspecified atom stereocenters. The summed E-state index contributed by atoms with van der Waals surface area (Å²) in [5.41, 5.74) is 1.02. The maximum Gasteiger partial charge on any atom is 0.169 e. The van der Waals surface area contributed by atoms with Crippen LogP contribution in [0.25, 0.3) is 0 Å². The predicted octanol–water partition coefficient (Wildman–Crippen LogP) is 1.81. The first-order valence-corrected chi connectivity index (χ1v) is 6.52. The van der Waals surface area contributed by atoms with Crippen molar-refractivity contribution >= 4 is 17.3 Å². The van der Waals surface area contributed by atoms with Crippen LogP contribution < -0.4 is 5.32 Å². The van der Waals surface area contributed by atoms with Crippen molar-refractivity contribution in [1.82, 2.24) is 15.2 Å². The highest BCUT2D eigenvalue weighted by atomic mass is 32.1. The molecule has 0 aliphatic rings. The number of nitrogens with zero attached hydrogens (tertiary/aromatic N) is 2. The van der Waals surface area contributed by atoms with Crippen LogP contribution in [-0.2, 0) is 11.3 Å². The van der Waals surface area contributed by atoms with Gasteiger partial charge in [0.25, 0.3) is 0 Å². The molecule has 0 radical (unpaired) electrons. The number of thiocarbonyl (C=S) groups is 1. The molecule has 1 rings (SSSR count). The minimum atomic E-state index is 0.209. The fraction of sp³-hybridized carbons (Fsp3) is 0.538. The molecule has 0 spiro atoms. The van der Waals surface area contributed by atoms with Gasteiger partial charge in [-0.15, -0.1) is 0 Å². The topological polar surface area (TPSA) is 37.4 Å². The summed E-state index contributed by atoms with van der Waals surface area (Å²) in [6.45, 7) is 6.34. The van der Waals surface area contributed by atoms with Gasteiger partial charge in [0.15, 0.2) is 5.11 Å². The van der Waals surface area contributed by atoms with Crippen LogP contribution in [0.1, 0.15) is 19.5 Å². The van der Waals surface area contributed by atoms with Gasteiger partial charge in [0.1, 0.15) is 0 Å². The maximum absolute atomic E-state index is 5.40. The molecule has 1 aromatic rings. The quantitative estimate of drug-likeness (QED) is 0.796. The molecule has 1 heterocycles. The molecule has 0 saturated carbocycles. The van der Waals surface area contributed by atoms with E-state index in [1.165, 1.54) is 0 Å². The van der Waals surface area contributed by atoms with Gasteiger partial charge in [0, 0.05) is 25.9 Å². The molecule has 5 heteroatoms. The van der Waals surface area contributed by atoms with E-state index < -0.39 is 0 Å². The Balaban J connectivity index is 2.52. The molecule has 0 aliphatic heterocycles. The predicted molar refractivity (Wildman–Crippen MR) is 77.4 cm³/mol. The number of nitrogens with one attached hydrogen (secondary N) is 1. The second kappa shape index (κ2) is 8.00. The van der Waals surface area contributed by atoms with Crippen molar-refractivity contribution in [3.63, 3.8) is 0 Å². The lowest BCUT2D eigenvalue weighted by atomic mass is 10.3. The summed E-state index contributed by atoms with van der Waals surface area (Å²) in [7, 11) is 1.69. The zero-order valence-electron chi connectivity index (χ0n) is 11.2. The van der Waals surface area contributed by atoms with Crippen molar-refractivity contribution in [2.24, 2.45) is 0 Å². The number of hydrogen-bond acceptors (Lipinski definition) is 3. The highest BCUT2D eigenvalue weighted by molar-refractivity contribution is 7.80. The molecule has 18 heavy (non-hydrogen) atoms. The van der Waals surface area contributed by atoms with Gasteiger partial charge in [-0.25, -0.2) is 0 Å². The van der Waals surface area contributed by atoms with E-state index >= 15 is 0 Å². The molecule has 0 amide bonds. The molecule has 0 saturated heterocycles. The number of aromatic nitrogens is 1. The molecule has 0 aromatic carbocycles. The van der Waals surface area contributed by atoms with Gasteiger partial charge in [0.05, 0.1) is 18.8 Å². The Morgan fingerprint density at radius 2 is 2.33 bits per heavy atom. The minimum absolute atomic E-state index is 0.209. The maximum atomic E-state index is 5.40. The number of pyridine rings is 1. The van der Waals surface area contributed by atoms with E-state index in [4.69, 9.17) is 17.0 Å². The van der Waals surface area contributed by atoms with Crippen LogP contribution in [0.3, 0.4) is 0 Å². The van der Waals surface area contributed by atoms with E-state index in [1.54, 1.807) is 13.3 Å². The van der Waals surface area contributed by atoms with Crippen LogP contribution in [0.4, 0.5) is 0 Å². The molecule has 4 nitrogen and oxygen atoms in total. The summed E-state index contributed by atoms with van der Waals surface area (Å²) in [6, 6.07) is 6.11. The monoisotopic (exact) mass is 267 g/mol. The van der Waals surface area contributed by atoms with Gasteiger partial charge in [0.2, 0.25) is 0 Å². The highest BCUT2D eigenvalue weighted by Crippen LogP contribution is 2.02. The molecule has 0 fully saturated rings. The highest BCUT2D eigenvalue weighted by Gasteiger charge is 2.11. The molecule has 1 atom stereocenters. The van der Waals surface area contributed by atoms with Crippen LogP contribution >= 0.6 is 12.2 Å². The molecule has 1 N–H and O–H groups in total. The largest absolute Gasteiger partial charge is 0.383 e. The van der Waals surface area contributed by atoms with E-state index in [1.807, 2.05) is 25.1 Å². The standard InChI is InChI=1S/C13H21N3OS/c1-4-16(9-12-7-5-6-8-14-12)13(18)15-11(2)10-17-3/h5-8,11H,4,9-10H2,1-3H3,(H,15,18). The van der Waals surface area contributed by atoms with Gasteiger partial charge >= 0.3 is 0 Å². The fourth-order valence-corrected chi connectivity index (χ4v) is 2.00. The first kappa shape index (κ1) is 14.9. The van der Waals surface area contributed by atoms with E-state index in [0.717, 1.165) is 23.9 Å². The Bertz CT molecular complexity index is 359. The molecule has 0 aliphatic carbocycles. The van der Waals surface area contributed by atoms with Gasteiger partial charge in [-0.2, -0.15) is 0 Å². The summed E-state index contributed by atoms with van der Waals surface area (Å²) in [5.74, 6) is 0. The van der Waals surface area contributed by atoms with Crippen molar-refractivity contribution in [1.29, 1.82) is 0 Å². The average molecular weight is 267 g/mol. The Hall–Kier alpha value is -1.20. The first-order valence-electron chi connectivity index (χ1n) is 6.11. The van der Waals surface area contributed by atoms with Gasteiger partial charge in [-0.1, -0.05) is 6.07 Å². The molecular weight excluding hydrogens is 246 g/mol. The Labute approximate surface area is 114 Å². The van der Waals surface area contributed by atoms with E-state index in [0.29, 0.717) is 6.61 Å². The number of hydrogen-bond donors (Lipinski definition) is 1. The van der Waals surface area contributed by atoms with Crippen molar-refractivity contribution in [2.45, 2.75) is 26.4 Å². The van der Waals surface area contributed by atoms with Gasteiger partial charge < -0.3 is 15.0 Å². The normalized spacial score (nSPS) is 11.9. The fourth-order valence-electron chi connectivity index (χ4n) is 1.61. The van der Waals surface area contributed by atoms with Crippen molar-refractivity contribution < 1.29 is 4.74 Å². The molecule has 0 bridgehead atoms. The van der Waals surface area contributed by atoms with Crippen LogP contribution in [0.15, 0.2) is 24.4 Å². The molecular formula is C13H21N3OS. The SMILES string of the molecule is CCN(Cc1ccccn1)C(=S)NC(C)COC. The third kappa shape index (κ3) is 4.98. The molecule has 1 aromatic heterocycles. The third-order valence-electron chi connectivity index (χ3n) is 2.53. The van der Waals surface area contributed by atoms with Gasteiger partial charge in [-0.05, 0) is 38.2 Å². The van der Waals surface area contributed by atoms with Crippen molar-refractivity contribution in [3.8, 4) is 0 Å². The summed E-state index contributed by atoms with van der Waals surface area (Å²) in [5, 5.41) is 4.00. The van der Waals surface area contributed by atoms with Crippen LogP contribution in [-0.4, -0.2) is 41.3 Å². The molecule has 100 valence electrons. The summed E-state index contributed by atoms with van der Waals surface area (Å²) >= 11 is 5.40. The van der Waals surface area contributed by atoms with Crippen molar-refractivity contribution in [3.05, 3.63) is 30.1 Å². The lowest BCUT2D eigenvalue weighted by Gasteiger charge is -2.26. The second-order valence-electron chi connectivity index (χ2n) is 4.14. The Kier molecular flexibility index (Phi) is 6.60. The van der Waals surface area contributed by atoms with Gasteiger partial charge in [-0.3, -0.25) is 4.98 Å². The summed E-state index contributed by atoms with van der Waals surface area (Å²) in [6.07, 6.45) is 1.80. The van der Waals surface area contributed by atoms with Crippen LogP contribution in [0, 0.1) is 0 Å². The van der Waals surface area contributed by atoms with Crippen LogP contribution in [0.2, 0.25) is 0 Å². The summed E-state index contributed by atoms with van der Waals surface area (Å²) < 4.78 is 5.08.